The predicted molar refractivity (Wildman–Crippen MR) is 118 cm³/mol. The Labute approximate surface area is 186 Å². The molecule has 0 aliphatic carbocycles. The van der Waals surface area contributed by atoms with E-state index in [0.717, 1.165) is 14.2 Å². The molecule has 0 atom stereocenters. The highest BCUT2D eigenvalue weighted by Crippen LogP contribution is 2.35. The fourth-order valence-electron chi connectivity index (χ4n) is 2.75. The van der Waals surface area contributed by atoms with Crippen LogP contribution in [0.25, 0.3) is 6.08 Å². The largest absolute Gasteiger partial charge is 0.493 e. The zero-order valence-electron chi connectivity index (χ0n) is 16.1. The molecule has 9 heteroatoms. The van der Waals surface area contributed by atoms with Crippen molar-refractivity contribution in [2.45, 2.75) is 6.61 Å². The van der Waals surface area contributed by atoms with Crippen LogP contribution in [0.3, 0.4) is 0 Å². The maximum atomic E-state index is 12.6. The van der Waals surface area contributed by atoms with Crippen LogP contribution >= 0.6 is 22.6 Å². The Morgan fingerprint density at radius 2 is 2.07 bits per heavy atom. The number of nitrogens with one attached hydrogen (secondary N) is 1. The van der Waals surface area contributed by atoms with E-state index in [4.69, 9.17) is 9.47 Å². The molecule has 8 nitrogen and oxygen atoms in total. The zero-order chi connectivity index (χ0) is 21.7. The quantitative estimate of drug-likeness (QED) is 0.262. The standard InChI is InChI=1S/C21H18IN3O5/c1-3-8-25-20(27)15(19(26)24-21(25)28)9-13-10-16(22)18(17(11-13)29-2)30-12-14-6-4-5-7-23-14/h3-7,9-11H,1,8,12H2,2H3,(H,24,26,28)/b15-9-. The zero-order valence-corrected chi connectivity index (χ0v) is 18.2. The molecule has 30 heavy (non-hydrogen) atoms. The first kappa shape index (κ1) is 21.5. The number of amides is 4. The van der Waals surface area contributed by atoms with Crippen LogP contribution in [0.1, 0.15) is 11.3 Å². The van der Waals surface area contributed by atoms with Crippen molar-refractivity contribution in [1.82, 2.24) is 15.2 Å². The Morgan fingerprint density at radius 1 is 1.27 bits per heavy atom. The van der Waals surface area contributed by atoms with E-state index in [9.17, 15) is 14.4 Å². The van der Waals surface area contributed by atoms with E-state index in [1.165, 1.54) is 19.3 Å². The van der Waals surface area contributed by atoms with Gasteiger partial charge in [-0.1, -0.05) is 12.1 Å². The van der Waals surface area contributed by atoms with Crippen LogP contribution in [-0.2, 0) is 16.2 Å². The SMILES string of the molecule is C=CCN1C(=O)NC(=O)/C(=C/c2cc(I)c(OCc3ccccn3)c(OC)c2)C1=O. The van der Waals surface area contributed by atoms with E-state index in [0.29, 0.717) is 17.1 Å². The van der Waals surface area contributed by atoms with Gasteiger partial charge in [-0.2, -0.15) is 0 Å². The highest BCUT2D eigenvalue weighted by atomic mass is 127. The summed E-state index contributed by atoms with van der Waals surface area (Å²) >= 11 is 2.09. The first-order valence-electron chi connectivity index (χ1n) is 8.84. The lowest BCUT2D eigenvalue weighted by molar-refractivity contribution is -0.129. The number of methoxy groups -OCH3 is 1. The first-order valence-corrected chi connectivity index (χ1v) is 9.92. The van der Waals surface area contributed by atoms with E-state index in [1.807, 2.05) is 18.2 Å². The monoisotopic (exact) mass is 519 g/mol. The number of pyridine rings is 1. The minimum atomic E-state index is -0.771. The number of carbonyl (C=O) groups is 3. The summed E-state index contributed by atoms with van der Waals surface area (Å²) in [7, 11) is 1.50. The molecule has 1 aliphatic heterocycles. The van der Waals surface area contributed by atoms with Crippen LogP contribution in [0, 0.1) is 3.57 Å². The van der Waals surface area contributed by atoms with E-state index in [-0.39, 0.29) is 18.7 Å². The molecule has 3 rings (SSSR count). The summed E-state index contributed by atoms with van der Waals surface area (Å²) < 4.78 is 12.0. The number of halogens is 1. The second-order valence-corrected chi connectivity index (χ2v) is 7.33. The molecule has 154 valence electrons. The molecule has 0 saturated carbocycles. The third-order valence-electron chi connectivity index (χ3n) is 4.15. The first-order chi connectivity index (χ1) is 14.4. The summed E-state index contributed by atoms with van der Waals surface area (Å²) in [6.45, 7) is 3.77. The van der Waals surface area contributed by atoms with Crippen LogP contribution < -0.4 is 14.8 Å². The van der Waals surface area contributed by atoms with E-state index >= 15 is 0 Å². The number of aromatic nitrogens is 1. The van der Waals surface area contributed by atoms with Gasteiger partial charge in [0.2, 0.25) is 0 Å². The number of ether oxygens (including phenoxy) is 2. The number of benzene rings is 1. The van der Waals surface area contributed by atoms with Crippen molar-refractivity contribution in [3.63, 3.8) is 0 Å². The summed E-state index contributed by atoms with van der Waals surface area (Å²) in [5, 5.41) is 2.15. The molecule has 0 bridgehead atoms. The molecule has 1 saturated heterocycles. The van der Waals surface area contributed by atoms with Crippen molar-refractivity contribution in [3.05, 3.63) is 69.6 Å². The Bertz CT molecular complexity index is 1040. The number of barbiturate groups is 1. The third kappa shape index (κ3) is 4.67. The normalized spacial score (nSPS) is 15.2. The van der Waals surface area contributed by atoms with Crippen LogP contribution in [-0.4, -0.2) is 41.4 Å². The molecule has 1 aliphatic rings. The molecule has 0 unspecified atom stereocenters. The number of urea groups is 1. The van der Waals surface area contributed by atoms with Gasteiger partial charge in [-0.25, -0.2) is 4.79 Å². The van der Waals surface area contributed by atoms with Gasteiger partial charge < -0.3 is 9.47 Å². The minimum Gasteiger partial charge on any atom is -0.493 e. The molecule has 4 amide bonds. The van der Waals surface area contributed by atoms with Gasteiger partial charge in [0.15, 0.2) is 11.5 Å². The van der Waals surface area contributed by atoms with Gasteiger partial charge in [-0.3, -0.25) is 24.8 Å². The van der Waals surface area contributed by atoms with Gasteiger partial charge in [0.05, 0.1) is 16.4 Å². The average molecular weight is 519 g/mol. The summed E-state index contributed by atoms with van der Waals surface area (Å²) in [5.74, 6) is -0.482. The fraction of sp³-hybridized carbons (Fsp3) is 0.143. The van der Waals surface area contributed by atoms with Gasteiger partial charge in [0.25, 0.3) is 11.8 Å². The predicted octanol–water partition coefficient (Wildman–Crippen LogP) is 2.92. The minimum absolute atomic E-state index is 0.00353. The number of hydrogen-bond acceptors (Lipinski definition) is 6. The molecule has 1 N–H and O–H groups in total. The van der Waals surface area contributed by atoms with Crippen LogP contribution in [0.4, 0.5) is 4.79 Å². The average Bonchev–Trinajstić information content (AvgIpc) is 2.73. The second kappa shape index (κ2) is 9.53. The molecule has 2 aromatic rings. The van der Waals surface area contributed by atoms with Gasteiger partial charge in [0.1, 0.15) is 12.2 Å². The number of carbonyl (C=O) groups excluding carboxylic acids is 3. The van der Waals surface area contributed by atoms with Crippen LogP contribution in [0.2, 0.25) is 0 Å². The third-order valence-corrected chi connectivity index (χ3v) is 4.95. The summed E-state index contributed by atoms with van der Waals surface area (Å²) in [5.41, 5.74) is 1.15. The topological polar surface area (TPSA) is 97.8 Å². The van der Waals surface area contributed by atoms with Gasteiger partial charge in [-0.15, -0.1) is 6.58 Å². The van der Waals surface area contributed by atoms with Crippen molar-refractivity contribution in [3.8, 4) is 11.5 Å². The molecule has 1 aromatic heterocycles. The molecular weight excluding hydrogens is 501 g/mol. The number of nitrogens with zero attached hydrogens (tertiary/aromatic N) is 2. The van der Waals surface area contributed by atoms with Crippen LogP contribution in [0.5, 0.6) is 11.5 Å². The lowest BCUT2D eigenvalue weighted by atomic mass is 10.1. The van der Waals surface area contributed by atoms with E-state index in [2.05, 4.69) is 39.5 Å². The van der Waals surface area contributed by atoms with Crippen molar-refractivity contribution in [1.29, 1.82) is 0 Å². The fourth-order valence-corrected chi connectivity index (χ4v) is 3.53. The van der Waals surface area contributed by atoms with Crippen LogP contribution in [0.15, 0.2) is 54.8 Å². The Balaban J connectivity index is 1.90. The number of hydrogen-bond donors (Lipinski definition) is 1. The van der Waals surface area contributed by atoms with E-state index in [1.54, 1.807) is 18.3 Å². The molecule has 0 spiro atoms. The van der Waals surface area contributed by atoms with Crippen molar-refractivity contribution in [2.24, 2.45) is 0 Å². The molecule has 1 fully saturated rings. The molecular formula is C21H18IN3O5. The molecule has 2 heterocycles. The maximum Gasteiger partial charge on any atom is 0.331 e. The van der Waals surface area contributed by atoms with E-state index < -0.39 is 17.8 Å². The summed E-state index contributed by atoms with van der Waals surface area (Å²) in [4.78, 5) is 41.7. The van der Waals surface area contributed by atoms with Gasteiger partial charge in [0, 0.05) is 12.7 Å². The lowest BCUT2D eigenvalue weighted by Gasteiger charge is -2.25. The Morgan fingerprint density at radius 3 is 2.73 bits per heavy atom. The van der Waals surface area contributed by atoms with Gasteiger partial charge >= 0.3 is 6.03 Å². The van der Waals surface area contributed by atoms with Crippen molar-refractivity contribution >= 4 is 46.5 Å². The highest BCUT2D eigenvalue weighted by Gasteiger charge is 2.35. The van der Waals surface area contributed by atoms with Crippen molar-refractivity contribution < 1.29 is 23.9 Å². The number of imide groups is 2. The molecule has 0 radical (unpaired) electrons. The summed E-state index contributed by atoms with van der Waals surface area (Å²) in [6.07, 6.45) is 4.50. The summed E-state index contributed by atoms with van der Waals surface area (Å²) in [6, 6.07) is 8.17. The second-order valence-electron chi connectivity index (χ2n) is 6.17. The number of rotatable bonds is 7. The maximum absolute atomic E-state index is 12.6. The van der Waals surface area contributed by atoms with Crippen molar-refractivity contribution in [2.75, 3.05) is 13.7 Å². The highest BCUT2D eigenvalue weighted by molar-refractivity contribution is 14.1. The smallest absolute Gasteiger partial charge is 0.331 e. The lowest BCUT2D eigenvalue weighted by Crippen LogP contribution is -2.54. The Kier molecular flexibility index (Phi) is 6.83. The van der Waals surface area contributed by atoms with Gasteiger partial charge in [-0.05, 0) is 58.5 Å². The Hall–Kier alpha value is -3.21. The molecule has 1 aromatic carbocycles.